The van der Waals surface area contributed by atoms with E-state index in [1.165, 1.54) is 28.6 Å². The number of benzene rings is 2. The average Bonchev–Trinajstić information content (AvgIpc) is 3.35. The van der Waals surface area contributed by atoms with Crippen LogP contribution in [-0.4, -0.2) is 45.3 Å². The minimum atomic E-state index is -0.444. The molecule has 0 bridgehead atoms. The molecule has 2 N–H and O–H groups in total. The monoisotopic (exact) mass is 391 g/mol. The summed E-state index contributed by atoms with van der Waals surface area (Å²) in [5.74, 6) is 0.347. The number of hydrogen-bond acceptors (Lipinski definition) is 2. The maximum absolute atomic E-state index is 13.4. The Morgan fingerprint density at radius 3 is 2.79 bits per heavy atom. The number of H-pyrrole nitrogens is 1. The molecule has 1 atom stereocenters. The zero-order valence-corrected chi connectivity index (χ0v) is 16.4. The molecule has 0 spiro atoms. The standard InChI is InChI=1S/C24H26FN3O/c25-19-4-5-24-18(14-19)9-13-28(24)16-20(29)15-27-11-7-17(8-12-27)21-2-1-3-23-22(21)6-10-26-23/h1-6,9-10,13-14,17,20,26,29H,7-8,11-12,15-16H2. The highest BCUT2D eigenvalue weighted by molar-refractivity contribution is 5.83. The zero-order chi connectivity index (χ0) is 19.8. The number of aromatic nitrogens is 2. The quantitative estimate of drug-likeness (QED) is 0.526. The molecule has 1 aliphatic rings. The summed E-state index contributed by atoms with van der Waals surface area (Å²) in [6, 6.07) is 15.4. The van der Waals surface area contributed by atoms with Gasteiger partial charge in [-0.3, -0.25) is 0 Å². The van der Waals surface area contributed by atoms with Gasteiger partial charge in [0.25, 0.3) is 0 Å². The number of hydrogen-bond donors (Lipinski definition) is 2. The number of β-amino-alcohol motifs (C(OH)–C–C–N with tert-alkyl or cyclic N) is 1. The molecule has 0 saturated carbocycles. The Labute approximate surface area is 169 Å². The summed E-state index contributed by atoms with van der Waals surface area (Å²) in [4.78, 5) is 5.67. The van der Waals surface area contributed by atoms with Crippen molar-refractivity contribution < 1.29 is 9.50 Å². The van der Waals surface area contributed by atoms with E-state index in [1.54, 1.807) is 6.07 Å². The van der Waals surface area contributed by atoms with Gasteiger partial charge in [-0.05, 0) is 73.8 Å². The van der Waals surface area contributed by atoms with Crippen molar-refractivity contribution in [3.8, 4) is 0 Å². The number of aromatic amines is 1. The van der Waals surface area contributed by atoms with E-state index in [0.29, 0.717) is 19.0 Å². The number of nitrogens with zero attached hydrogens (tertiary/aromatic N) is 2. The van der Waals surface area contributed by atoms with Gasteiger partial charge in [-0.25, -0.2) is 4.39 Å². The van der Waals surface area contributed by atoms with Gasteiger partial charge in [0.05, 0.1) is 6.10 Å². The molecule has 3 heterocycles. The van der Waals surface area contributed by atoms with Crippen LogP contribution in [0.15, 0.2) is 60.9 Å². The highest BCUT2D eigenvalue weighted by Gasteiger charge is 2.23. The molecule has 1 fully saturated rings. The first-order valence-corrected chi connectivity index (χ1v) is 10.4. The van der Waals surface area contributed by atoms with Gasteiger partial charge < -0.3 is 19.6 Å². The van der Waals surface area contributed by atoms with Crippen molar-refractivity contribution in [2.45, 2.75) is 31.4 Å². The lowest BCUT2D eigenvalue weighted by molar-refractivity contribution is 0.0858. The fraction of sp³-hybridized carbons (Fsp3) is 0.333. The highest BCUT2D eigenvalue weighted by atomic mass is 19.1. The number of aliphatic hydroxyl groups is 1. The number of piperidine rings is 1. The maximum atomic E-state index is 13.4. The molecule has 5 heteroatoms. The summed E-state index contributed by atoms with van der Waals surface area (Å²) in [5, 5.41) is 12.9. The zero-order valence-electron chi connectivity index (χ0n) is 16.4. The van der Waals surface area contributed by atoms with Crippen molar-refractivity contribution in [2.75, 3.05) is 19.6 Å². The number of aliphatic hydroxyl groups excluding tert-OH is 1. The molecule has 0 radical (unpaired) electrons. The van der Waals surface area contributed by atoms with E-state index < -0.39 is 6.10 Å². The van der Waals surface area contributed by atoms with Crippen LogP contribution < -0.4 is 0 Å². The third-order valence-corrected chi connectivity index (χ3v) is 6.27. The van der Waals surface area contributed by atoms with Crippen LogP contribution >= 0.6 is 0 Å². The SMILES string of the molecule is OC(CN1CCC(c2cccc3[nH]ccc23)CC1)Cn1ccc2cc(F)ccc21. The smallest absolute Gasteiger partial charge is 0.123 e. The number of likely N-dealkylation sites (tertiary alicyclic amines) is 1. The molecule has 0 amide bonds. The maximum Gasteiger partial charge on any atom is 0.123 e. The molecule has 2 aromatic heterocycles. The van der Waals surface area contributed by atoms with Crippen LogP contribution in [0.2, 0.25) is 0 Å². The van der Waals surface area contributed by atoms with Crippen molar-refractivity contribution in [2.24, 2.45) is 0 Å². The molecule has 5 rings (SSSR count). The second-order valence-corrected chi connectivity index (χ2v) is 8.19. The van der Waals surface area contributed by atoms with Gasteiger partial charge in [-0.15, -0.1) is 0 Å². The van der Waals surface area contributed by atoms with Gasteiger partial charge in [0.15, 0.2) is 0 Å². The molecule has 1 aliphatic heterocycles. The van der Waals surface area contributed by atoms with E-state index in [9.17, 15) is 9.50 Å². The minimum Gasteiger partial charge on any atom is -0.390 e. The largest absolute Gasteiger partial charge is 0.390 e. The van der Waals surface area contributed by atoms with Crippen LogP contribution in [0.3, 0.4) is 0 Å². The Morgan fingerprint density at radius 1 is 1.07 bits per heavy atom. The fourth-order valence-electron chi connectivity index (χ4n) is 4.81. The molecule has 4 aromatic rings. The minimum absolute atomic E-state index is 0.228. The van der Waals surface area contributed by atoms with Crippen molar-refractivity contribution in [1.29, 1.82) is 0 Å². The lowest BCUT2D eigenvalue weighted by Crippen LogP contribution is -2.39. The second kappa shape index (κ2) is 7.65. The molecule has 1 unspecified atom stereocenters. The third-order valence-electron chi connectivity index (χ3n) is 6.27. The first-order valence-electron chi connectivity index (χ1n) is 10.4. The van der Waals surface area contributed by atoms with Crippen LogP contribution in [-0.2, 0) is 6.54 Å². The Hall–Kier alpha value is -2.63. The van der Waals surface area contributed by atoms with Gasteiger partial charge in [0.1, 0.15) is 5.82 Å². The number of rotatable bonds is 5. The fourth-order valence-corrected chi connectivity index (χ4v) is 4.81. The molecule has 1 saturated heterocycles. The summed E-state index contributed by atoms with van der Waals surface area (Å²) in [6.45, 7) is 3.19. The van der Waals surface area contributed by atoms with Gasteiger partial charge in [-0.2, -0.15) is 0 Å². The Bertz CT molecular complexity index is 1120. The Kier molecular flexibility index (Phi) is 4.86. The molecule has 0 aliphatic carbocycles. The van der Waals surface area contributed by atoms with Gasteiger partial charge >= 0.3 is 0 Å². The molecular formula is C24H26FN3O. The third kappa shape index (κ3) is 3.68. The topological polar surface area (TPSA) is 44.2 Å². The van der Waals surface area contributed by atoms with Crippen molar-refractivity contribution in [3.05, 3.63) is 72.3 Å². The normalized spacial score (nSPS) is 17.3. The van der Waals surface area contributed by atoms with Crippen molar-refractivity contribution >= 4 is 21.8 Å². The van der Waals surface area contributed by atoms with Gasteiger partial charge in [0.2, 0.25) is 0 Å². The van der Waals surface area contributed by atoms with Crippen LogP contribution in [0.1, 0.15) is 24.3 Å². The molecule has 150 valence electrons. The van der Waals surface area contributed by atoms with Crippen LogP contribution in [0.25, 0.3) is 21.8 Å². The van der Waals surface area contributed by atoms with Crippen LogP contribution in [0.5, 0.6) is 0 Å². The van der Waals surface area contributed by atoms with Gasteiger partial charge in [-0.1, -0.05) is 12.1 Å². The highest BCUT2D eigenvalue weighted by Crippen LogP contribution is 2.32. The summed E-state index contributed by atoms with van der Waals surface area (Å²) >= 11 is 0. The summed E-state index contributed by atoms with van der Waals surface area (Å²) < 4.78 is 15.4. The summed E-state index contributed by atoms with van der Waals surface area (Å²) in [6.07, 6.45) is 5.72. The first-order chi connectivity index (χ1) is 14.2. The average molecular weight is 391 g/mol. The lowest BCUT2D eigenvalue weighted by Gasteiger charge is -2.33. The summed E-state index contributed by atoms with van der Waals surface area (Å²) in [7, 11) is 0. The van der Waals surface area contributed by atoms with Crippen LogP contribution in [0.4, 0.5) is 4.39 Å². The molecule has 29 heavy (non-hydrogen) atoms. The van der Waals surface area contributed by atoms with E-state index in [0.717, 1.165) is 36.8 Å². The first kappa shape index (κ1) is 18.4. The van der Waals surface area contributed by atoms with E-state index in [1.807, 2.05) is 23.0 Å². The van der Waals surface area contributed by atoms with E-state index in [2.05, 4.69) is 34.1 Å². The predicted molar refractivity (Wildman–Crippen MR) is 115 cm³/mol. The number of nitrogens with one attached hydrogen (secondary N) is 1. The molecular weight excluding hydrogens is 365 g/mol. The van der Waals surface area contributed by atoms with E-state index in [-0.39, 0.29) is 5.82 Å². The van der Waals surface area contributed by atoms with Crippen molar-refractivity contribution in [3.63, 3.8) is 0 Å². The molecule has 2 aromatic carbocycles. The second-order valence-electron chi connectivity index (χ2n) is 8.19. The van der Waals surface area contributed by atoms with Crippen molar-refractivity contribution in [1.82, 2.24) is 14.5 Å². The lowest BCUT2D eigenvalue weighted by atomic mass is 9.87. The van der Waals surface area contributed by atoms with E-state index in [4.69, 9.17) is 0 Å². The Balaban J connectivity index is 1.20. The number of halogens is 1. The Morgan fingerprint density at radius 2 is 1.93 bits per heavy atom. The number of fused-ring (bicyclic) bond motifs is 2. The van der Waals surface area contributed by atoms with E-state index >= 15 is 0 Å². The molecule has 4 nitrogen and oxygen atoms in total. The predicted octanol–water partition coefficient (Wildman–Crippen LogP) is 4.50. The van der Waals surface area contributed by atoms with Crippen LogP contribution in [0, 0.1) is 5.82 Å². The summed E-state index contributed by atoms with van der Waals surface area (Å²) in [5.41, 5.74) is 3.61. The van der Waals surface area contributed by atoms with Gasteiger partial charge in [0, 0.05) is 47.3 Å².